The Morgan fingerprint density at radius 1 is 1.23 bits per heavy atom. The highest BCUT2D eigenvalue weighted by atomic mass is 16.2. The van der Waals surface area contributed by atoms with E-state index in [2.05, 4.69) is 41.8 Å². The number of urea groups is 2. The van der Waals surface area contributed by atoms with Gasteiger partial charge in [0, 0.05) is 19.3 Å². The van der Waals surface area contributed by atoms with Crippen LogP contribution in [0.2, 0.25) is 0 Å². The molecule has 1 aliphatic rings. The van der Waals surface area contributed by atoms with Crippen molar-refractivity contribution in [1.82, 2.24) is 15.5 Å². The van der Waals surface area contributed by atoms with Gasteiger partial charge in [0.05, 0.1) is 0 Å². The molecule has 0 saturated heterocycles. The fraction of sp³-hybridized carbons (Fsp3) is 0.412. The Morgan fingerprint density at radius 3 is 2.73 bits per heavy atom. The minimum Gasteiger partial charge on any atom is -0.337 e. The average molecular weight is 301 g/mol. The van der Waals surface area contributed by atoms with Crippen LogP contribution in [-0.4, -0.2) is 30.1 Å². The van der Waals surface area contributed by atoms with Gasteiger partial charge in [0.15, 0.2) is 0 Å². The molecule has 4 amide bonds. The number of hydrogen-bond acceptors (Lipinski definition) is 2. The lowest BCUT2D eigenvalue weighted by Crippen LogP contribution is -2.47. The highest BCUT2D eigenvalue weighted by Crippen LogP contribution is 2.08. The molecule has 0 radical (unpaired) electrons. The lowest BCUT2D eigenvalue weighted by Gasteiger charge is -2.20. The first-order valence-electron chi connectivity index (χ1n) is 7.74. The van der Waals surface area contributed by atoms with Gasteiger partial charge in [-0.25, -0.2) is 14.5 Å². The molecule has 5 nitrogen and oxygen atoms in total. The summed E-state index contributed by atoms with van der Waals surface area (Å²) in [5.74, 6) is 0. The summed E-state index contributed by atoms with van der Waals surface area (Å²) in [6.45, 7) is 3.15. The minimum absolute atomic E-state index is 0.369. The summed E-state index contributed by atoms with van der Waals surface area (Å²) in [4.78, 5) is 24.3. The number of unbranched alkanes of at least 4 members (excludes halogenated alkanes) is 2. The standard InChI is InChI=1S/C17H23N3O2/c1-14-7-9-15(10-8-14)6-3-2-4-11-18-16(21)20-13-5-12-19-17(20)22/h5,7-10,13H,2-4,6,11-12H2,1H3,(H,18,21)(H,19,22). The lowest BCUT2D eigenvalue weighted by atomic mass is 10.1. The van der Waals surface area contributed by atoms with Crippen LogP contribution >= 0.6 is 0 Å². The van der Waals surface area contributed by atoms with Gasteiger partial charge in [-0.2, -0.15) is 0 Å². The largest absolute Gasteiger partial charge is 0.337 e. The summed E-state index contributed by atoms with van der Waals surface area (Å²) in [5.41, 5.74) is 2.63. The monoisotopic (exact) mass is 301 g/mol. The van der Waals surface area contributed by atoms with Crippen molar-refractivity contribution < 1.29 is 9.59 Å². The first kappa shape index (κ1) is 16.1. The van der Waals surface area contributed by atoms with Gasteiger partial charge in [-0.15, -0.1) is 0 Å². The Bertz CT molecular complexity index is 537. The van der Waals surface area contributed by atoms with E-state index < -0.39 is 0 Å². The molecule has 0 spiro atoms. The molecule has 5 heteroatoms. The number of hydrogen-bond donors (Lipinski definition) is 2. The fourth-order valence-corrected chi connectivity index (χ4v) is 2.28. The Morgan fingerprint density at radius 2 is 2.00 bits per heavy atom. The lowest BCUT2D eigenvalue weighted by molar-refractivity contribution is 0.198. The molecule has 0 atom stereocenters. The summed E-state index contributed by atoms with van der Waals surface area (Å²) in [5, 5.41) is 5.35. The van der Waals surface area contributed by atoms with E-state index in [-0.39, 0.29) is 12.1 Å². The molecule has 0 unspecified atom stereocenters. The summed E-state index contributed by atoms with van der Waals surface area (Å²) >= 11 is 0. The molecular weight excluding hydrogens is 278 g/mol. The SMILES string of the molecule is Cc1ccc(CCCCCNC(=O)N2C=CCNC2=O)cc1. The van der Waals surface area contributed by atoms with Gasteiger partial charge in [0.1, 0.15) is 0 Å². The number of nitrogens with one attached hydrogen (secondary N) is 2. The van der Waals surface area contributed by atoms with E-state index in [1.807, 2.05) is 0 Å². The Balaban J connectivity index is 1.58. The first-order valence-corrected chi connectivity index (χ1v) is 7.74. The predicted octanol–water partition coefficient (Wildman–Crippen LogP) is 2.96. The van der Waals surface area contributed by atoms with Crippen molar-refractivity contribution in [2.45, 2.75) is 32.6 Å². The predicted molar refractivity (Wildman–Crippen MR) is 86.5 cm³/mol. The van der Waals surface area contributed by atoms with Crippen molar-refractivity contribution in [1.29, 1.82) is 0 Å². The smallest absolute Gasteiger partial charge is 0.329 e. The maximum absolute atomic E-state index is 11.8. The zero-order valence-electron chi connectivity index (χ0n) is 13.0. The maximum Gasteiger partial charge on any atom is 0.329 e. The molecule has 0 aliphatic carbocycles. The van der Waals surface area contributed by atoms with Crippen LogP contribution in [-0.2, 0) is 6.42 Å². The number of aryl methyl sites for hydroxylation is 2. The molecular formula is C17H23N3O2. The zero-order chi connectivity index (χ0) is 15.8. The normalized spacial score (nSPS) is 13.9. The van der Waals surface area contributed by atoms with Gasteiger partial charge in [-0.1, -0.05) is 36.2 Å². The first-order chi connectivity index (χ1) is 10.7. The highest BCUT2D eigenvalue weighted by Gasteiger charge is 2.19. The number of imide groups is 1. The summed E-state index contributed by atoms with van der Waals surface area (Å²) in [7, 11) is 0. The second kappa shape index (κ2) is 8.22. The van der Waals surface area contributed by atoms with E-state index in [4.69, 9.17) is 0 Å². The van der Waals surface area contributed by atoms with Crippen LogP contribution in [0.5, 0.6) is 0 Å². The summed E-state index contributed by atoms with van der Waals surface area (Å²) in [6.07, 6.45) is 7.37. The molecule has 1 aromatic carbocycles. The number of amides is 4. The van der Waals surface area contributed by atoms with Gasteiger partial charge >= 0.3 is 12.1 Å². The van der Waals surface area contributed by atoms with E-state index in [0.29, 0.717) is 13.1 Å². The van der Waals surface area contributed by atoms with Gasteiger partial charge in [0.2, 0.25) is 0 Å². The van der Waals surface area contributed by atoms with Crippen LogP contribution in [0.3, 0.4) is 0 Å². The Hall–Kier alpha value is -2.30. The van der Waals surface area contributed by atoms with E-state index in [1.165, 1.54) is 17.3 Å². The van der Waals surface area contributed by atoms with Gasteiger partial charge in [0.25, 0.3) is 0 Å². The van der Waals surface area contributed by atoms with E-state index >= 15 is 0 Å². The maximum atomic E-state index is 11.8. The molecule has 0 saturated carbocycles. The van der Waals surface area contributed by atoms with Crippen LogP contribution in [0.25, 0.3) is 0 Å². The van der Waals surface area contributed by atoms with Gasteiger partial charge < -0.3 is 10.6 Å². The Labute approximate surface area is 131 Å². The summed E-state index contributed by atoms with van der Waals surface area (Å²) in [6, 6.07) is 7.85. The highest BCUT2D eigenvalue weighted by molar-refractivity contribution is 5.95. The van der Waals surface area contributed by atoms with E-state index in [9.17, 15) is 9.59 Å². The molecule has 2 N–H and O–H groups in total. The third kappa shape index (κ3) is 4.91. The van der Waals surface area contributed by atoms with Crippen molar-refractivity contribution in [3.8, 4) is 0 Å². The fourth-order valence-electron chi connectivity index (χ4n) is 2.28. The van der Waals surface area contributed by atoms with Crippen molar-refractivity contribution in [2.24, 2.45) is 0 Å². The topological polar surface area (TPSA) is 61.4 Å². The van der Waals surface area contributed by atoms with Crippen LogP contribution in [0, 0.1) is 6.92 Å². The molecule has 0 fully saturated rings. The van der Waals surface area contributed by atoms with Gasteiger partial charge in [-0.3, -0.25) is 0 Å². The second-order valence-corrected chi connectivity index (χ2v) is 5.47. The van der Waals surface area contributed by atoms with E-state index in [0.717, 1.165) is 30.6 Å². The third-order valence-corrected chi connectivity index (χ3v) is 3.60. The minimum atomic E-state index is -0.376. The number of nitrogens with zero attached hydrogens (tertiary/aromatic N) is 1. The van der Waals surface area contributed by atoms with Crippen molar-refractivity contribution in [3.05, 3.63) is 47.7 Å². The molecule has 2 rings (SSSR count). The zero-order valence-corrected chi connectivity index (χ0v) is 13.0. The number of benzene rings is 1. The number of rotatable bonds is 6. The average Bonchev–Trinajstić information content (AvgIpc) is 2.52. The number of carbonyl (C=O) groups is 2. The molecule has 1 aromatic rings. The molecule has 22 heavy (non-hydrogen) atoms. The van der Waals surface area contributed by atoms with Gasteiger partial charge in [-0.05, 0) is 37.8 Å². The van der Waals surface area contributed by atoms with Crippen molar-refractivity contribution in [3.63, 3.8) is 0 Å². The molecule has 0 bridgehead atoms. The third-order valence-electron chi connectivity index (χ3n) is 3.60. The molecule has 1 aliphatic heterocycles. The Kier molecular flexibility index (Phi) is 6.01. The van der Waals surface area contributed by atoms with Crippen LogP contribution in [0.15, 0.2) is 36.5 Å². The molecule has 1 heterocycles. The van der Waals surface area contributed by atoms with Crippen LogP contribution in [0.1, 0.15) is 30.4 Å². The molecule has 118 valence electrons. The van der Waals surface area contributed by atoms with Crippen molar-refractivity contribution >= 4 is 12.1 Å². The second-order valence-electron chi connectivity index (χ2n) is 5.47. The summed E-state index contributed by atoms with van der Waals surface area (Å²) < 4.78 is 0. The van der Waals surface area contributed by atoms with Crippen LogP contribution < -0.4 is 10.6 Å². The quantitative estimate of drug-likeness (QED) is 0.794. The number of carbonyl (C=O) groups excluding carboxylic acids is 2. The van der Waals surface area contributed by atoms with E-state index in [1.54, 1.807) is 6.08 Å². The van der Waals surface area contributed by atoms with Crippen molar-refractivity contribution in [2.75, 3.05) is 13.1 Å². The molecule has 0 aromatic heterocycles. The van der Waals surface area contributed by atoms with Crippen LogP contribution in [0.4, 0.5) is 9.59 Å².